The number of aryl methyl sites for hydroxylation is 1. The highest BCUT2D eigenvalue weighted by Crippen LogP contribution is 2.32. The molecule has 0 saturated heterocycles. The van der Waals surface area contributed by atoms with Crippen LogP contribution in [-0.2, 0) is 6.18 Å². The summed E-state index contributed by atoms with van der Waals surface area (Å²) in [6, 6.07) is 0.842. The zero-order valence-corrected chi connectivity index (χ0v) is 12.2. The van der Waals surface area contributed by atoms with Crippen LogP contribution in [0.3, 0.4) is 0 Å². The summed E-state index contributed by atoms with van der Waals surface area (Å²) in [7, 11) is 0. The lowest BCUT2D eigenvalue weighted by Gasteiger charge is -2.10. The zero-order valence-electron chi connectivity index (χ0n) is 9.89. The van der Waals surface area contributed by atoms with E-state index in [1.54, 1.807) is 13.8 Å². The number of alkyl halides is 3. The Hall–Kier alpha value is -1.08. The quantitative estimate of drug-likeness (QED) is 0.763. The third kappa shape index (κ3) is 2.62. The Bertz CT molecular complexity index is 637. The van der Waals surface area contributed by atoms with Crippen LogP contribution in [0.1, 0.15) is 17.0 Å². The van der Waals surface area contributed by atoms with Crippen molar-refractivity contribution in [2.75, 3.05) is 0 Å². The number of hydrogen-bond acceptors (Lipinski definition) is 2. The predicted octanol–water partition coefficient (Wildman–Crippen LogP) is 4.32. The van der Waals surface area contributed by atoms with Crippen molar-refractivity contribution in [3.8, 4) is 5.82 Å². The maximum Gasteiger partial charge on any atom is 0.417 e. The van der Waals surface area contributed by atoms with Crippen LogP contribution in [0.2, 0.25) is 5.02 Å². The van der Waals surface area contributed by atoms with Gasteiger partial charge in [-0.05, 0) is 35.8 Å². The van der Waals surface area contributed by atoms with Crippen molar-refractivity contribution in [2.45, 2.75) is 20.0 Å². The fourth-order valence-corrected chi connectivity index (χ4v) is 2.07. The Labute approximate surface area is 120 Å². The molecule has 0 atom stereocenters. The van der Waals surface area contributed by atoms with Gasteiger partial charge in [0.2, 0.25) is 0 Å². The van der Waals surface area contributed by atoms with E-state index in [1.807, 2.05) is 0 Å². The average Bonchev–Trinajstić information content (AvgIpc) is 2.56. The number of pyridine rings is 1. The summed E-state index contributed by atoms with van der Waals surface area (Å²) in [5.74, 6) is 0.168. The second-order valence-electron chi connectivity index (χ2n) is 3.92. The average molecular weight is 355 g/mol. The van der Waals surface area contributed by atoms with Crippen molar-refractivity contribution >= 4 is 27.5 Å². The van der Waals surface area contributed by atoms with E-state index in [0.29, 0.717) is 11.4 Å². The lowest BCUT2D eigenvalue weighted by Crippen LogP contribution is -2.09. The van der Waals surface area contributed by atoms with Crippen LogP contribution < -0.4 is 0 Å². The highest BCUT2D eigenvalue weighted by Gasteiger charge is 2.32. The summed E-state index contributed by atoms with van der Waals surface area (Å²) in [6.07, 6.45) is -3.73. The SMILES string of the molecule is Cc1nn(-c2ncc(C(F)(F)F)cc2Cl)c(C)c1Br. The van der Waals surface area contributed by atoms with Crippen molar-refractivity contribution in [3.05, 3.63) is 38.7 Å². The van der Waals surface area contributed by atoms with Crippen LogP contribution >= 0.6 is 27.5 Å². The largest absolute Gasteiger partial charge is 0.417 e. The van der Waals surface area contributed by atoms with Crippen LogP contribution in [0.15, 0.2) is 16.7 Å². The van der Waals surface area contributed by atoms with E-state index in [-0.39, 0.29) is 10.8 Å². The minimum absolute atomic E-state index is 0.104. The van der Waals surface area contributed by atoms with Crippen LogP contribution in [0, 0.1) is 13.8 Å². The predicted molar refractivity (Wildman–Crippen MR) is 68.5 cm³/mol. The van der Waals surface area contributed by atoms with E-state index in [9.17, 15) is 13.2 Å². The molecule has 19 heavy (non-hydrogen) atoms. The lowest BCUT2D eigenvalue weighted by molar-refractivity contribution is -0.137. The van der Waals surface area contributed by atoms with Gasteiger partial charge in [0.15, 0.2) is 5.82 Å². The number of rotatable bonds is 1. The van der Waals surface area contributed by atoms with E-state index in [0.717, 1.165) is 16.7 Å². The van der Waals surface area contributed by atoms with Crippen LogP contribution in [-0.4, -0.2) is 14.8 Å². The zero-order chi connectivity index (χ0) is 14.4. The molecule has 2 aromatic heterocycles. The number of nitrogens with zero attached hydrogens (tertiary/aromatic N) is 3. The molecule has 2 heterocycles. The van der Waals surface area contributed by atoms with Crippen LogP contribution in [0.4, 0.5) is 13.2 Å². The summed E-state index contributed by atoms with van der Waals surface area (Å²) in [6.45, 7) is 3.53. The third-order valence-electron chi connectivity index (χ3n) is 2.55. The molecule has 102 valence electrons. The molecule has 0 bridgehead atoms. The first kappa shape index (κ1) is 14.3. The van der Waals surface area contributed by atoms with Gasteiger partial charge in [-0.1, -0.05) is 11.6 Å². The molecule has 0 saturated carbocycles. The fourth-order valence-electron chi connectivity index (χ4n) is 1.57. The van der Waals surface area contributed by atoms with E-state index in [2.05, 4.69) is 26.0 Å². The molecule has 0 N–H and O–H groups in total. The highest BCUT2D eigenvalue weighted by atomic mass is 79.9. The van der Waals surface area contributed by atoms with Gasteiger partial charge in [-0.2, -0.15) is 18.3 Å². The van der Waals surface area contributed by atoms with Gasteiger partial charge in [0.25, 0.3) is 0 Å². The first-order valence-corrected chi connectivity index (χ1v) is 6.33. The Kier molecular flexibility index (Phi) is 3.61. The van der Waals surface area contributed by atoms with Gasteiger partial charge < -0.3 is 0 Å². The number of aromatic nitrogens is 3. The Morgan fingerprint density at radius 1 is 1.32 bits per heavy atom. The van der Waals surface area contributed by atoms with Crippen molar-refractivity contribution in [1.29, 1.82) is 0 Å². The molecule has 0 radical (unpaired) electrons. The van der Waals surface area contributed by atoms with E-state index in [4.69, 9.17) is 11.6 Å². The van der Waals surface area contributed by atoms with Gasteiger partial charge in [0.05, 0.1) is 26.4 Å². The van der Waals surface area contributed by atoms with E-state index in [1.165, 1.54) is 4.68 Å². The summed E-state index contributed by atoms with van der Waals surface area (Å²) >= 11 is 9.20. The molecule has 0 spiro atoms. The lowest BCUT2D eigenvalue weighted by atomic mass is 10.3. The molecule has 3 nitrogen and oxygen atoms in total. The minimum Gasteiger partial charge on any atom is -0.235 e. The molecule has 0 aliphatic carbocycles. The maximum absolute atomic E-state index is 12.5. The molecule has 0 aliphatic rings. The molecule has 2 aromatic rings. The highest BCUT2D eigenvalue weighted by molar-refractivity contribution is 9.10. The van der Waals surface area contributed by atoms with Gasteiger partial charge in [-0.3, -0.25) is 0 Å². The summed E-state index contributed by atoms with van der Waals surface area (Å²) in [4.78, 5) is 3.76. The molecule has 8 heteroatoms. The van der Waals surface area contributed by atoms with Crippen molar-refractivity contribution in [2.24, 2.45) is 0 Å². The second kappa shape index (κ2) is 4.79. The van der Waals surface area contributed by atoms with Gasteiger partial charge in [0, 0.05) is 6.20 Å². The first-order chi connectivity index (χ1) is 8.71. The van der Waals surface area contributed by atoms with Gasteiger partial charge in [-0.15, -0.1) is 0 Å². The number of halogens is 5. The van der Waals surface area contributed by atoms with Gasteiger partial charge in [-0.25, -0.2) is 9.67 Å². The van der Waals surface area contributed by atoms with Crippen LogP contribution in [0.25, 0.3) is 5.82 Å². The van der Waals surface area contributed by atoms with E-state index >= 15 is 0 Å². The van der Waals surface area contributed by atoms with Gasteiger partial charge >= 0.3 is 6.18 Å². The Morgan fingerprint density at radius 2 is 1.95 bits per heavy atom. The van der Waals surface area contributed by atoms with E-state index < -0.39 is 11.7 Å². The molecule has 0 fully saturated rings. The first-order valence-electron chi connectivity index (χ1n) is 5.16. The summed E-state index contributed by atoms with van der Waals surface area (Å²) in [5.41, 5.74) is 0.531. The molecule has 0 aromatic carbocycles. The maximum atomic E-state index is 12.5. The van der Waals surface area contributed by atoms with Gasteiger partial charge in [0.1, 0.15) is 0 Å². The molecule has 2 rings (SSSR count). The Balaban J connectivity index is 2.55. The fraction of sp³-hybridized carbons (Fsp3) is 0.273. The third-order valence-corrected chi connectivity index (χ3v) is 3.98. The summed E-state index contributed by atoms with van der Waals surface area (Å²) in [5, 5.41) is 4.07. The second-order valence-corrected chi connectivity index (χ2v) is 5.12. The molecular formula is C11H8BrClF3N3. The minimum atomic E-state index is -4.47. The van der Waals surface area contributed by atoms with Crippen LogP contribution in [0.5, 0.6) is 0 Å². The normalized spacial score (nSPS) is 11.9. The molecular weight excluding hydrogens is 346 g/mol. The number of hydrogen-bond donors (Lipinski definition) is 0. The molecule has 0 unspecified atom stereocenters. The van der Waals surface area contributed by atoms with Crippen molar-refractivity contribution in [3.63, 3.8) is 0 Å². The van der Waals surface area contributed by atoms with Crippen molar-refractivity contribution in [1.82, 2.24) is 14.8 Å². The summed E-state index contributed by atoms with van der Waals surface area (Å²) < 4.78 is 39.7. The Morgan fingerprint density at radius 3 is 2.37 bits per heavy atom. The molecule has 0 amide bonds. The standard InChI is InChI=1S/C11H8BrClF3N3/c1-5-9(12)6(2)19(18-5)10-8(13)3-7(4-17-10)11(14,15)16/h3-4H,1-2H3. The monoisotopic (exact) mass is 353 g/mol. The smallest absolute Gasteiger partial charge is 0.235 e. The van der Waals surface area contributed by atoms with Crippen molar-refractivity contribution < 1.29 is 13.2 Å². The topological polar surface area (TPSA) is 30.7 Å². The molecule has 0 aliphatic heterocycles.